The number of hydrogen-bond acceptors (Lipinski definition) is 0. The zero-order valence-electron chi connectivity index (χ0n) is 12.9. The van der Waals surface area contributed by atoms with Gasteiger partial charge in [-0.1, -0.05) is 52.6 Å². The van der Waals surface area contributed by atoms with Crippen molar-refractivity contribution in [3.05, 3.63) is 12.2 Å². The van der Waals surface area contributed by atoms with Crippen molar-refractivity contribution in [2.45, 2.75) is 72.1 Å². The number of hydrogen-bond donors (Lipinski definition) is 0. The fraction of sp³-hybridized carbons (Fsp3) is 0.875. The van der Waals surface area contributed by atoms with Crippen LogP contribution in [0.4, 0.5) is 0 Å². The van der Waals surface area contributed by atoms with Crippen LogP contribution in [0.5, 0.6) is 0 Å². The van der Waals surface area contributed by atoms with Crippen molar-refractivity contribution in [1.29, 1.82) is 0 Å². The molecule has 0 aliphatic heterocycles. The summed E-state index contributed by atoms with van der Waals surface area (Å²) in [7, 11) is -0.957. The molecule has 0 nitrogen and oxygen atoms in total. The lowest BCUT2D eigenvalue weighted by Crippen LogP contribution is -2.28. The standard InChI is InChI=1S/C16H32Si/c1-13(12-17(5,6)7)14-8-10-15(11-9-14)16(2,3)4/h14-15H,1,8-12H2,2-7H3. The summed E-state index contributed by atoms with van der Waals surface area (Å²) in [5.41, 5.74) is 2.07. The maximum atomic E-state index is 4.39. The molecule has 100 valence electrons. The second kappa shape index (κ2) is 5.30. The molecule has 0 aromatic carbocycles. The van der Waals surface area contributed by atoms with Crippen LogP contribution in [0.15, 0.2) is 12.2 Å². The van der Waals surface area contributed by atoms with Gasteiger partial charge in [-0.2, -0.15) is 0 Å². The summed E-state index contributed by atoms with van der Waals surface area (Å²) in [6.07, 6.45) is 5.62. The first kappa shape index (κ1) is 15.0. The van der Waals surface area contributed by atoms with E-state index >= 15 is 0 Å². The van der Waals surface area contributed by atoms with Crippen LogP contribution in [0.2, 0.25) is 25.7 Å². The van der Waals surface area contributed by atoms with Gasteiger partial charge in [-0.3, -0.25) is 0 Å². The van der Waals surface area contributed by atoms with Crippen LogP contribution in [0.25, 0.3) is 0 Å². The Hall–Kier alpha value is -0.0431. The lowest BCUT2D eigenvalue weighted by molar-refractivity contribution is 0.160. The minimum Gasteiger partial charge on any atom is -0.0999 e. The van der Waals surface area contributed by atoms with Crippen LogP contribution < -0.4 is 0 Å². The van der Waals surface area contributed by atoms with Gasteiger partial charge in [0.2, 0.25) is 0 Å². The van der Waals surface area contributed by atoms with Gasteiger partial charge in [0.15, 0.2) is 0 Å². The molecule has 0 bridgehead atoms. The molecule has 0 heterocycles. The summed E-state index contributed by atoms with van der Waals surface area (Å²) in [6, 6.07) is 1.33. The molecule has 17 heavy (non-hydrogen) atoms. The molecule has 0 aromatic heterocycles. The van der Waals surface area contributed by atoms with Crippen molar-refractivity contribution in [1.82, 2.24) is 0 Å². The summed E-state index contributed by atoms with van der Waals surface area (Å²) in [6.45, 7) is 19.0. The first-order valence-electron chi connectivity index (χ1n) is 7.27. The van der Waals surface area contributed by atoms with Gasteiger partial charge in [-0.25, -0.2) is 0 Å². The Morgan fingerprint density at radius 1 is 1.06 bits per heavy atom. The predicted molar refractivity (Wildman–Crippen MR) is 82.2 cm³/mol. The molecule has 0 unspecified atom stereocenters. The van der Waals surface area contributed by atoms with E-state index in [-0.39, 0.29) is 0 Å². The quantitative estimate of drug-likeness (QED) is 0.444. The monoisotopic (exact) mass is 252 g/mol. The largest absolute Gasteiger partial charge is 0.0999 e. The van der Waals surface area contributed by atoms with Gasteiger partial charge in [-0.05, 0) is 49.0 Å². The Kier molecular flexibility index (Phi) is 4.68. The topological polar surface area (TPSA) is 0 Å². The zero-order valence-corrected chi connectivity index (χ0v) is 13.9. The molecule has 0 saturated heterocycles. The lowest BCUT2D eigenvalue weighted by Gasteiger charge is -2.38. The maximum absolute atomic E-state index is 4.39. The Bertz CT molecular complexity index is 256. The van der Waals surface area contributed by atoms with E-state index in [0.29, 0.717) is 5.41 Å². The Morgan fingerprint density at radius 2 is 1.53 bits per heavy atom. The third kappa shape index (κ3) is 4.99. The van der Waals surface area contributed by atoms with E-state index in [4.69, 9.17) is 0 Å². The Morgan fingerprint density at radius 3 is 1.88 bits per heavy atom. The summed E-state index contributed by atoms with van der Waals surface area (Å²) >= 11 is 0. The number of allylic oxidation sites excluding steroid dienone is 1. The molecule has 1 heteroatoms. The maximum Gasteiger partial charge on any atom is 0.0483 e. The summed E-state index contributed by atoms with van der Waals surface area (Å²) < 4.78 is 0. The van der Waals surface area contributed by atoms with E-state index in [2.05, 4.69) is 47.0 Å². The molecule has 0 aromatic rings. The highest BCUT2D eigenvalue weighted by Gasteiger charge is 2.31. The van der Waals surface area contributed by atoms with Crippen LogP contribution in [-0.2, 0) is 0 Å². The Balaban J connectivity index is 2.45. The molecule has 0 spiro atoms. The molecule has 0 radical (unpaired) electrons. The summed E-state index contributed by atoms with van der Waals surface area (Å²) in [5, 5.41) is 0. The van der Waals surface area contributed by atoms with Crippen LogP contribution in [0.3, 0.4) is 0 Å². The van der Waals surface area contributed by atoms with Crippen LogP contribution in [0, 0.1) is 17.3 Å². The fourth-order valence-corrected chi connectivity index (χ4v) is 4.84. The minimum atomic E-state index is -0.957. The predicted octanol–water partition coefficient (Wildman–Crippen LogP) is 5.73. The van der Waals surface area contributed by atoms with Gasteiger partial charge >= 0.3 is 0 Å². The smallest absolute Gasteiger partial charge is 0.0483 e. The molecule has 1 rings (SSSR count). The summed E-state index contributed by atoms with van der Waals surface area (Å²) in [4.78, 5) is 0. The molecule has 0 amide bonds. The van der Waals surface area contributed by atoms with Gasteiger partial charge in [0.05, 0.1) is 0 Å². The minimum absolute atomic E-state index is 0.505. The average molecular weight is 253 g/mol. The van der Waals surface area contributed by atoms with Crippen molar-refractivity contribution in [3.63, 3.8) is 0 Å². The van der Waals surface area contributed by atoms with Crippen molar-refractivity contribution >= 4 is 8.07 Å². The van der Waals surface area contributed by atoms with E-state index in [1.807, 2.05) is 0 Å². The van der Waals surface area contributed by atoms with Crippen LogP contribution >= 0.6 is 0 Å². The van der Waals surface area contributed by atoms with Crippen molar-refractivity contribution in [2.24, 2.45) is 17.3 Å². The van der Waals surface area contributed by atoms with Crippen molar-refractivity contribution in [3.8, 4) is 0 Å². The molecule has 1 saturated carbocycles. The number of rotatable bonds is 3. The average Bonchev–Trinajstić information content (AvgIpc) is 2.14. The van der Waals surface area contributed by atoms with E-state index in [1.165, 1.54) is 31.7 Å². The van der Waals surface area contributed by atoms with Crippen molar-refractivity contribution in [2.75, 3.05) is 0 Å². The highest BCUT2D eigenvalue weighted by Crippen LogP contribution is 2.42. The molecule has 1 aliphatic carbocycles. The van der Waals surface area contributed by atoms with Gasteiger partial charge in [0.25, 0.3) is 0 Å². The third-order valence-electron chi connectivity index (χ3n) is 4.29. The first-order valence-corrected chi connectivity index (χ1v) is 11.0. The first-order chi connectivity index (χ1) is 7.59. The lowest BCUT2D eigenvalue weighted by atomic mass is 9.69. The highest BCUT2D eigenvalue weighted by molar-refractivity contribution is 6.76. The van der Waals surface area contributed by atoms with Gasteiger partial charge in [0, 0.05) is 8.07 Å². The fourth-order valence-electron chi connectivity index (χ4n) is 3.19. The molecule has 1 aliphatic rings. The zero-order chi connectivity index (χ0) is 13.3. The highest BCUT2D eigenvalue weighted by atomic mass is 28.3. The SMILES string of the molecule is C=C(C[Si](C)(C)C)C1CCC(C(C)(C)C)CC1. The van der Waals surface area contributed by atoms with Gasteiger partial charge in [-0.15, -0.1) is 0 Å². The second-order valence-corrected chi connectivity index (χ2v) is 13.8. The second-order valence-electron chi connectivity index (χ2n) is 8.31. The molecular weight excluding hydrogens is 220 g/mol. The van der Waals surface area contributed by atoms with Crippen LogP contribution in [-0.4, -0.2) is 8.07 Å². The van der Waals surface area contributed by atoms with E-state index in [0.717, 1.165) is 11.8 Å². The third-order valence-corrected chi connectivity index (χ3v) is 5.80. The van der Waals surface area contributed by atoms with E-state index in [9.17, 15) is 0 Å². The molecule has 0 atom stereocenters. The molecular formula is C16H32Si. The molecule has 1 fully saturated rings. The van der Waals surface area contributed by atoms with Crippen molar-refractivity contribution < 1.29 is 0 Å². The molecule has 0 N–H and O–H groups in total. The van der Waals surface area contributed by atoms with Gasteiger partial charge in [0.1, 0.15) is 0 Å². The van der Waals surface area contributed by atoms with Crippen LogP contribution in [0.1, 0.15) is 46.5 Å². The van der Waals surface area contributed by atoms with E-state index < -0.39 is 8.07 Å². The normalized spacial score (nSPS) is 26.9. The Labute approximate surface area is 110 Å². The van der Waals surface area contributed by atoms with Gasteiger partial charge < -0.3 is 0 Å². The summed E-state index contributed by atoms with van der Waals surface area (Å²) in [5.74, 6) is 1.76. The van der Waals surface area contributed by atoms with E-state index in [1.54, 1.807) is 5.57 Å².